The Morgan fingerprint density at radius 3 is 0.659 bits per heavy atom. The standard InChI is InChI=1S/C14F26O4/c15-1(3(17)18)5(21,22)41-11(33,34)7(25,9(27,28)29)43-13(37,38)14(39,40)44-8(26,10(30,31)32)12(35,36)42-6(23,24)2(16)4(19)20. The highest BCUT2D eigenvalue weighted by atomic mass is 19.4. The van der Waals surface area contributed by atoms with Crippen LogP contribution < -0.4 is 0 Å². The first kappa shape index (κ1) is 41.5. The summed E-state index contributed by atoms with van der Waals surface area (Å²) in [6.07, 6.45) is -73.8. The lowest BCUT2D eigenvalue weighted by atomic mass is 10.2. The van der Waals surface area contributed by atoms with Gasteiger partial charge in [-0.25, -0.2) is 9.47 Å². The molecule has 0 aromatic rings. The van der Waals surface area contributed by atoms with E-state index >= 15 is 0 Å². The average Bonchev–Trinajstić information content (AvgIpc) is 2.73. The van der Waals surface area contributed by atoms with E-state index in [2.05, 4.69) is 0 Å². The van der Waals surface area contributed by atoms with Gasteiger partial charge in [-0.1, -0.05) is 0 Å². The quantitative estimate of drug-likeness (QED) is 0.178. The smallest absolute Gasteiger partial charge is 0.260 e. The van der Waals surface area contributed by atoms with Gasteiger partial charge in [0, 0.05) is 0 Å². The van der Waals surface area contributed by atoms with Crippen LogP contribution in [0.5, 0.6) is 0 Å². The molecule has 2 atom stereocenters. The second-order valence-electron chi connectivity index (χ2n) is 6.84. The highest BCUT2D eigenvalue weighted by molar-refractivity contribution is 5.03. The number of ether oxygens (including phenoxy) is 4. The molecule has 0 aliphatic rings. The zero-order valence-electron chi connectivity index (χ0n) is 18.5. The van der Waals surface area contributed by atoms with Gasteiger partial charge >= 0.3 is 72.9 Å². The van der Waals surface area contributed by atoms with Crippen LogP contribution in [0.1, 0.15) is 0 Å². The lowest BCUT2D eigenvalue weighted by Crippen LogP contribution is -2.68. The molecule has 0 amide bonds. The van der Waals surface area contributed by atoms with E-state index < -0.39 is 84.5 Å². The summed E-state index contributed by atoms with van der Waals surface area (Å²) in [6.45, 7) is 0. The summed E-state index contributed by atoms with van der Waals surface area (Å²) >= 11 is 0. The van der Waals surface area contributed by atoms with Crippen molar-refractivity contribution in [3.8, 4) is 0 Å². The van der Waals surface area contributed by atoms with E-state index in [4.69, 9.17) is 0 Å². The van der Waals surface area contributed by atoms with Crippen LogP contribution in [0.15, 0.2) is 23.8 Å². The average molecular weight is 726 g/mol. The van der Waals surface area contributed by atoms with Gasteiger partial charge in [0.25, 0.3) is 11.7 Å². The molecule has 44 heavy (non-hydrogen) atoms. The van der Waals surface area contributed by atoms with Gasteiger partial charge in [0.1, 0.15) is 0 Å². The summed E-state index contributed by atoms with van der Waals surface area (Å²) in [5.74, 6) is -26.3. The molecule has 0 aliphatic carbocycles. The van der Waals surface area contributed by atoms with Crippen molar-refractivity contribution in [1.29, 1.82) is 0 Å². The molecule has 2 unspecified atom stereocenters. The molecule has 0 saturated heterocycles. The summed E-state index contributed by atoms with van der Waals surface area (Å²) in [4.78, 5) is 0. The maximum atomic E-state index is 13.9. The molecular weight excluding hydrogens is 726 g/mol. The molecule has 4 nitrogen and oxygen atoms in total. The van der Waals surface area contributed by atoms with Gasteiger partial charge in [-0.15, -0.1) is 0 Å². The fourth-order valence-electron chi connectivity index (χ4n) is 1.80. The zero-order valence-corrected chi connectivity index (χ0v) is 18.5. The Morgan fingerprint density at radius 2 is 0.500 bits per heavy atom. The van der Waals surface area contributed by atoms with E-state index in [1.54, 1.807) is 0 Å². The predicted octanol–water partition coefficient (Wildman–Crippen LogP) is 9.22. The van der Waals surface area contributed by atoms with Crippen molar-refractivity contribution in [3.05, 3.63) is 23.8 Å². The topological polar surface area (TPSA) is 36.9 Å². The van der Waals surface area contributed by atoms with Gasteiger partial charge in [0.15, 0.2) is 0 Å². The molecule has 0 fully saturated rings. The fourth-order valence-corrected chi connectivity index (χ4v) is 1.80. The van der Waals surface area contributed by atoms with Crippen molar-refractivity contribution in [1.82, 2.24) is 0 Å². The van der Waals surface area contributed by atoms with Crippen LogP contribution >= 0.6 is 0 Å². The monoisotopic (exact) mass is 726 g/mol. The third-order valence-electron chi connectivity index (χ3n) is 3.71. The molecule has 0 bridgehead atoms. The minimum Gasteiger partial charge on any atom is -0.260 e. The summed E-state index contributed by atoms with van der Waals surface area (Å²) in [7, 11) is 0. The highest BCUT2D eigenvalue weighted by Crippen LogP contribution is 2.57. The Balaban J connectivity index is 7.05. The first-order valence-corrected chi connectivity index (χ1v) is 8.80. The molecule has 30 heteroatoms. The largest absolute Gasteiger partial charge is 0.458 e. The van der Waals surface area contributed by atoms with E-state index in [1.165, 1.54) is 9.47 Å². The fraction of sp³-hybridized carbons (Fsp3) is 0.714. The van der Waals surface area contributed by atoms with Crippen LogP contribution in [0.3, 0.4) is 0 Å². The minimum atomic E-state index is -8.57. The zero-order chi connectivity index (χ0) is 36.1. The molecule has 0 radical (unpaired) electrons. The maximum Gasteiger partial charge on any atom is 0.458 e. The molecule has 0 N–H and O–H groups in total. The second-order valence-corrected chi connectivity index (χ2v) is 6.84. The van der Waals surface area contributed by atoms with Crippen LogP contribution in [-0.2, 0) is 18.9 Å². The number of alkyl halides is 20. The molecule has 262 valence electrons. The Hall–Kier alpha value is -2.50. The van der Waals surface area contributed by atoms with Crippen LogP contribution in [0, 0.1) is 0 Å². The summed E-state index contributed by atoms with van der Waals surface area (Å²) in [5, 5.41) is 0. The predicted molar refractivity (Wildman–Crippen MR) is 74.5 cm³/mol. The Kier molecular flexibility index (Phi) is 11.0. The van der Waals surface area contributed by atoms with Gasteiger partial charge in [-0.2, -0.15) is 114 Å². The van der Waals surface area contributed by atoms with Gasteiger partial charge in [0.2, 0.25) is 0 Å². The summed E-state index contributed by atoms with van der Waals surface area (Å²) in [5.41, 5.74) is 0. The molecule has 0 aromatic carbocycles. The lowest BCUT2D eigenvalue weighted by Gasteiger charge is -2.40. The van der Waals surface area contributed by atoms with E-state index in [-0.39, 0.29) is 0 Å². The number of hydrogen-bond donors (Lipinski definition) is 0. The minimum absolute atomic E-state index is 1.08. The SMILES string of the molecule is FC(F)=C(F)C(F)(F)OC(F)(F)C(F)(OC(F)(F)C(F)(F)OC(F)(C(F)(F)F)C(F)(F)OC(F)(F)C(F)=C(F)F)C(F)(F)F. The van der Waals surface area contributed by atoms with E-state index in [0.29, 0.717) is 0 Å². The van der Waals surface area contributed by atoms with Crippen LogP contribution in [0.4, 0.5) is 114 Å². The molecular formula is C14F26O4. The van der Waals surface area contributed by atoms with Gasteiger partial charge in [-0.3, -0.25) is 9.47 Å². The van der Waals surface area contributed by atoms with Crippen molar-refractivity contribution in [2.45, 2.75) is 60.7 Å². The van der Waals surface area contributed by atoms with Crippen molar-refractivity contribution in [2.24, 2.45) is 0 Å². The van der Waals surface area contributed by atoms with Crippen molar-refractivity contribution < 1.29 is 133 Å². The molecule has 0 aromatic heterocycles. The van der Waals surface area contributed by atoms with E-state index in [0.717, 1.165) is 9.47 Å². The van der Waals surface area contributed by atoms with Crippen molar-refractivity contribution in [2.75, 3.05) is 0 Å². The third-order valence-corrected chi connectivity index (χ3v) is 3.71. The van der Waals surface area contributed by atoms with Gasteiger partial charge in [0.05, 0.1) is 0 Å². The normalized spacial score (nSPS) is 17.6. The Labute approximate surface area is 219 Å². The van der Waals surface area contributed by atoms with Gasteiger partial charge < -0.3 is 0 Å². The van der Waals surface area contributed by atoms with E-state index in [9.17, 15) is 114 Å². The number of hydrogen-bond acceptors (Lipinski definition) is 4. The first-order valence-electron chi connectivity index (χ1n) is 8.80. The summed E-state index contributed by atoms with van der Waals surface area (Å²) in [6, 6.07) is 0. The molecule has 0 aliphatic heterocycles. The van der Waals surface area contributed by atoms with Crippen LogP contribution in [0.25, 0.3) is 0 Å². The molecule has 0 heterocycles. The molecule has 0 spiro atoms. The number of halogens is 26. The van der Waals surface area contributed by atoms with Gasteiger partial charge in [-0.05, 0) is 0 Å². The second kappa shape index (κ2) is 11.7. The number of rotatable bonds is 13. The first-order chi connectivity index (χ1) is 18.8. The Morgan fingerprint density at radius 1 is 0.295 bits per heavy atom. The van der Waals surface area contributed by atoms with Crippen molar-refractivity contribution >= 4 is 0 Å². The summed E-state index contributed by atoms with van der Waals surface area (Å²) < 4.78 is 341. The van der Waals surface area contributed by atoms with Crippen molar-refractivity contribution in [3.63, 3.8) is 0 Å². The Bertz CT molecular complexity index is 1010. The van der Waals surface area contributed by atoms with Crippen LogP contribution in [-0.4, -0.2) is 60.7 Å². The molecule has 0 rings (SSSR count). The van der Waals surface area contributed by atoms with Crippen LogP contribution in [0.2, 0.25) is 0 Å². The van der Waals surface area contributed by atoms with E-state index in [1.807, 2.05) is 0 Å². The third kappa shape index (κ3) is 7.83. The lowest BCUT2D eigenvalue weighted by molar-refractivity contribution is -0.583. The maximum absolute atomic E-state index is 13.9. The highest BCUT2D eigenvalue weighted by Gasteiger charge is 2.85. The molecule has 0 saturated carbocycles.